The summed E-state index contributed by atoms with van der Waals surface area (Å²) in [5.41, 5.74) is 1.06. The standard InChI is InChI=1S/C15H20O/c1-11-6-5-9-15(11,16)14-10-13(14)12-7-3-2-4-8-12/h2-4,7-8,11,13-14,16H,5-6,9-10H2,1H3. The first-order valence-electron chi connectivity index (χ1n) is 6.49. The first kappa shape index (κ1) is 10.3. The van der Waals surface area contributed by atoms with Gasteiger partial charge >= 0.3 is 0 Å². The molecule has 0 aliphatic heterocycles. The SMILES string of the molecule is CC1CCCC1(O)C1CC1c1ccccc1. The maximum atomic E-state index is 10.7. The molecule has 1 aromatic carbocycles. The van der Waals surface area contributed by atoms with Crippen LogP contribution >= 0.6 is 0 Å². The highest BCUT2D eigenvalue weighted by atomic mass is 16.3. The Kier molecular flexibility index (Phi) is 2.32. The summed E-state index contributed by atoms with van der Waals surface area (Å²) in [6, 6.07) is 10.7. The van der Waals surface area contributed by atoms with Crippen LogP contribution in [0.25, 0.3) is 0 Å². The van der Waals surface area contributed by atoms with E-state index in [2.05, 4.69) is 37.3 Å². The van der Waals surface area contributed by atoms with Crippen molar-refractivity contribution in [1.82, 2.24) is 0 Å². The number of benzene rings is 1. The van der Waals surface area contributed by atoms with Gasteiger partial charge in [0.2, 0.25) is 0 Å². The molecule has 0 aromatic heterocycles. The molecule has 2 aliphatic rings. The molecule has 2 aliphatic carbocycles. The van der Waals surface area contributed by atoms with Gasteiger partial charge in [0, 0.05) is 0 Å². The second kappa shape index (κ2) is 3.59. The molecule has 1 nitrogen and oxygen atoms in total. The van der Waals surface area contributed by atoms with Crippen molar-refractivity contribution in [1.29, 1.82) is 0 Å². The first-order chi connectivity index (χ1) is 7.72. The predicted molar refractivity (Wildman–Crippen MR) is 65.3 cm³/mol. The van der Waals surface area contributed by atoms with E-state index >= 15 is 0 Å². The van der Waals surface area contributed by atoms with E-state index < -0.39 is 0 Å². The Hall–Kier alpha value is -0.820. The molecule has 4 atom stereocenters. The van der Waals surface area contributed by atoms with Gasteiger partial charge in [-0.05, 0) is 42.6 Å². The van der Waals surface area contributed by atoms with Crippen LogP contribution in [0.2, 0.25) is 0 Å². The monoisotopic (exact) mass is 216 g/mol. The minimum Gasteiger partial charge on any atom is -0.389 e. The molecule has 0 saturated heterocycles. The predicted octanol–water partition coefficient (Wildman–Crippen LogP) is 3.34. The van der Waals surface area contributed by atoms with E-state index in [0.29, 0.717) is 17.8 Å². The van der Waals surface area contributed by atoms with Crippen molar-refractivity contribution < 1.29 is 5.11 Å². The zero-order chi connectivity index (χ0) is 11.2. The van der Waals surface area contributed by atoms with Crippen molar-refractivity contribution in [2.24, 2.45) is 11.8 Å². The summed E-state index contributed by atoms with van der Waals surface area (Å²) in [6.45, 7) is 2.22. The minimum atomic E-state index is -0.361. The zero-order valence-electron chi connectivity index (χ0n) is 9.89. The summed E-state index contributed by atoms with van der Waals surface area (Å²) in [5, 5.41) is 10.7. The van der Waals surface area contributed by atoms with Crippen molar-refractivity contribution in [3.63, 3.8) is 0 Å². The molecule has 16 heavy (non-hydrogen) atoms. The van der Waals surface area contributed by atoms with Gasteiger partial charge in [0.05, 0.1) is 5.60 Å². The molecular weight excluding hydrogens is 196 g/mol. The fourth-order valence-corrected chi connectivity index (χ4v) is 3.55. The molecule has 1 heteroatoms. The van der Waals surface area contributed by atoms with E-state index in [1.54, 1.807) is 0 Å². The van der Waals surface area contributed by atoms with Crippen LogP contribution in [0.4, 0.5) is 0 Å². The Morgan fingerprint density at radius 1 is 1.25 bits per heavy atom. The lowest BCUT2D eigenvalue weighted by Gasteiger charge is -2.28. The van der Waals surface area contributed by atoms with E-state index in [9.17, 15) is 5.11 Å². The lowest BCUT2D eigenvalue weighted by molar-refractivity contribution is -0.0143. The molecule has 3 rings (SSSR count). The molecule has 86 valence electrons. The van der Waals surface area contributed by atoms with Gasteiger partial charge in [-0.3, -0.25) is 0 Å². The van der Waals surface area contributed by atoms with E-state index in [-0.39, 0.29) is 5.60 Å². The highest BCUT2D eigenvalue weighted by molar-refractivity contribution is 5.28. The molecule has 4 unspecified atom stereocenters. The zero-order valence-corrected chi connectivity index (χ0v) is 9.89. The number of rotatable bonds is 2. The van der Waals surface area contributed by atoms with Crippen LogP contribution in [0.3, 0.4) is 0 Å². The van der Waals surface area contributed by atoms with Gasteiger partial charge in [-0.15, -0.1) is 0 Å². The molecule has 1 N–H and O–H groups in total. The van der Waals surface area contributed by atoms with Crippen molar-refractivity contribution in [2.75, 3.05) is 0 Å². The van der Waals surface area contributed by atoms with Gasteiger partial charge < -0.3 is 5.11 Å². The van der Waals surface area contributed by atoms with Crippen molar-refractivity contribution in [3.05, 3.63) is 35.9 Å². The van der Waals surface area contributed by atoms with Crippen LogP contribution < -0.4 is 0 Å². The maximum Gasteiger partial charge on any atom is 0.0707 e. The van der Waals surface area contributed by atoms with Gasteiger partial charge in [-0.2, -0.15) is 0 Å². The maximum absolute atomic E-state index is 10.7. The van der Waals surface area contributed by atoms with Gasteiger partial charge in [-0.25, -0.2) is 0 Å². The van der Waals surface area contributed by atoms with Crippen LogP contribution in [0.15, 0.2) is 30.3 Å². The normalized spacial score (nSPS) is 42.2. The van der Waals surface area contributed by atoms with Crippen LogP contribution in [0.1, 0.15) is 44.1 Å². The van der Waals surface area contributed by atoms with Crippen molar-refractivity contribution in [2.45, 2.75) is 44.1 Å². The smallest absolute Gasteiger partial charge is 0.0707 e. The highest BCUT2D eigenvalue weighted by Crippen LogP contribution is 2.59. The summed E-state index contributed by atoms with van der Waals surface area (Å²) < 4.78 is 0. The summed E-state index contributed by atoms with van der Waals surface area (Å²) in [6.07, 6.45) is 4.61. The Morgan fingerprint density at radius 2 is 2.00 bits per heavy atom. The average Bonchev–Trinajstić information content (AvgIpc) is 3.04. The molecule has 0 spiro atoms. The van der Waals surface area contributed by atoms with Crippen LogP contribution in [0, 0.1) is 11.8 Å². The quantitative estimate of drug-likeness (QED) is 0.804. The molecule has 0 amide bonds. The van der Waals surface area contributed by atoms with Gasteiger partial charge in [0.1, 0.15) is 0 Å². The lowest BCUT2D eigenvalue weighted by Crippen LogP contribution is -2.34. The number of hydrogen-bond acceptors (Lipinski definition) is 1. The summed E-state index contributed by atoms with van der Waals surface area (Å²) >= 11 is 0. The first-order valence-corrected chi connectivity index (χ1v) is 6.49. The molecular formula is C15H20O. The molecule has 1 aromatic rings. The Bertz CT molecular complexity index is 372. The Labute approximate surface area is 97.5 Å². The fourth-order valence-electron chi connectivity index (χ4n) is 3.55. The summed E-state index contributed by atoms with van der Waals surface area (Å²) in [7, 11) is 0. The summed E-state index contributed by atoms with van der Waals surface area (Å²) in [5.74, 6) is 1.63. The van der Waals surface area contributed by atoms with Gasteiger partial charge in [0.25, 0.3) is 0 Å². The van der Waals surface area contributed by atoms with Gasteiger partial charge in [-0.1, -0.05) is 43.7 Å². The molecule has 2 saturated carbocycles. The third-order valence-electron chi connectivity index (χ3n) is 4.73. The van der Waals surface area contributed by atoms with Gasteiger partial charge in [0.15, 0.2) is 0 Å². The third-order valence-corrected chi connectivity index (χ3v) is 4.73. The second-order valence-electron chi connectivity index (χ2n) is 5.64. The van der Waals surface area contributed by atoms with Crippen molar-refractivity contribution >= 4 is 0 Å². The largest absolute Gasteiger partial charge is 0.389 e. The molecule has 0 heterocycles. The second-order valence-corrected chi connectivity index (χ2v) is 5.64. The number of hydrogen-bond donors (Lipinski definition) is 1. The minimum absolute atomic E-state index is 0.361. The summed E-state index contributed by atoms with van der Waals surface area (Å²) in [4.78, 5) is 0. The topological polar surface area (TPSA) is 20.2 Å². The number of aliphatic hydroxyl groups is 1. The lowest BCUT2D eigenvalue weighted by atomic mass is 9.85. The van der Waals surface area contributed by atoms with E-state index in [1.807, 2.05) is 0 Å². The molecule has 0 radical (unpaired) electrons. The van der Waals surface area contributed by atoms with Crippen LogP contribution in [-0.2, 0) is 0 Å². The molecule has 0 bridgehead atoms. The van der Waals surface area contributed by atoms with Crippen LogP contribution in [-0.4, -0.2) is 10.7 Å². The van der Waals surface area contributed by atoms with Crippen LogP contribution in [0.5, 0.6) is 0 Å². The van der Waals surface area contributed by atoms with E-state index in [4.69, 9.17) is 0 Å². The van der Waals surface area contributed by atoms with E-state index in [1.165, 1.54) is 24.8 Å². The van der Waals surface area contributed by atoms with E-state index in [0.717, 1.165) is 6.42 Å². The Morgan fingerprint density at radius 3 is 2.62 bits per heavy atom. The molecule has 2 fully saturated rings. The fraction of sp³-hybridized carbons (Fsp3) is 0.600. The third kappa shape index (κ3) is 1.49. The Balaban J connectivity index is 1.77. The highest BCUT2D eigenvalue weighted by Gasteiger charge is 2.56. The average molecular weight is 216 g/mol. The van der Waals surface area contributed by atoms with Crippen molar-refractivity contribution in [3.8, 4) is 0 Å².